The minimum absolute atomic E-state index is 0.124. The van der Waals surface area contributed by atoms with Crippen molar-refractivity contribution in [3.8, 4) is 0 Å². The van der Waals surface area contributed by atoms with Gasteiger partial charge in [0.15, 0.2) is 0 Å². The average Bonchev–Trinajstić information content (AvgIpc) is 3.43. The van der Waals surface area contributed by atoms with Gasteiger partial charge in [-0.05, 0) is 154 Å². The minimum Gasteiger partial charge on any atom is -0.478 e. The highest BCUT2D eigenvalue weighted by Crippen LogP contribution is 2.67. The van der Waals surface area contributed by atoms with Gasteiger partial charge in [0.25, 0.3) is 0 Å². The van der Waals surface area contributed by atoms with Gasteiger partial charge >= 0.3 is 11.9 Å². The van der Waals surface area contributed by atoms with Crippen molar-refractivity contribution in [2.45, 2.75) is 165 Å². The van der Waals surface area contributed by atoms with E-state index >= 15 is 0 Å². The molecule has 0 saturated heterocycles. The third kappa shape index (κ3) is 9.27. The molecule has 5 aliphatic rings. The second kappa shape index (κ2) is 17.0. The lowest BCUT2D eigenvalue weighted by molar-refractivity contribution is -0.166. The molecule has 0 spiro atoms. The van der Waals surface area contributed by atoms with E-state index in [0.717, 1.165) is 66.4 Å². The van der Waals surface area contributed by atoms with Crippen molar-refractivity contribution in [3.05, 3.63) is 70.4 Å². The van der Waals surface area contributed by atoms with Crippen LogP contribution in [0.2, 0.25) is 0 Å². The Kier molecular flexibility index (Phi) is 13.3. The number of hydrogen-bond donors (Lipinski definition) is 1. The first-order valence-electron chi connectivity index (χ1n) is 21.5. The molecule has 5 rings (SSSR count). The number of carboxylic acid groups (broad SMARTS) is 1. The Labute approximate surface area is 323 Å². The zero-order valence-corrected chi connectivity index (χ0v) is 35.2. The maximum atomic E-state index is 13.1. The fourth-order valence-electron chi connectivity index (χ4n) is 12.3. The number of aliphatic carboxylic acids is 1. The summed E-state index contributed by atoms with van der Waals surface area (Å²) in [6, 6.07) is 0. The summed E-state index contributed by atoms with van der Waals surface area (Å²) in [4.78, 5) is 25.6. The Balaban J connectivity index is 1.19. The summed E-state index contributed by atoms with van der Waals surface area (Å²) in [5.74, 6) is 2.85. The molecule has 0 heterocycles. The third-order valence-electron chi connectivity index (χ3n) is 15.4. The Morgan fingerprint density at radius 1 is 0.943 bits per heavy atom. The van der Waals surface area contributed by atoms with Gasteiger partial charge < -0.3 is 9.84 Å². The standard InChI is InChI=1S/C49H74O4/c1-32(2)14-11-17-36(6)41-23-24-42-39-21-20-38-31-37(25-28-48(38,9)43(39)26-29-49(41,42)10)45(46(51)52)53-44(50)30-34(4)16-12-15-33(3)19-22-40-35(5)18-13-27-47(40,7)8/h12,15-16,19-20,22,30,32,36-37,39,41-43,45H,11,13-14,17-18,21,23-29,31H2,1-10H3,(H,51,52)/b16-12?,22-19+,33-15?,34-30?/t36-,37-,39+,41-,42+,43+,45?,48+,49-/m1/s1. The fourth-order valence-corrected chi connectivity index (χ4v) is 12.3. The molecule has 1 N–H and O–H groups in total. The van der Waals surface area contributed by atoms with Gasteiger partial charge in [-0.15, -0.1) is 0 Å². The first kappa shape index (κ1) is 41.5. The number of esters is 1. The molecule has 4 heteroatoms. The Hall–Kier alpha value is -2.62. The lowest BCUT2D eigenvalue weighted by atomic mass is 9.46. The number of rotatable bonds is 13. The molecule has 53 heavy (non-hydrogen) atoms. The molecule has 4 nitrogen and oxygen atoms in total. The lowest BCUT2D eigenvalue weighted by Crippen LogP contribution is -2.51. The number of ether oxygens (including phenoxy) is 1. The van der Waals surface area contributed by atoms with Crippen LogP contribution in [0.5, 0.6) is 0 Å². The molecular formula is C49H74O4. The molecule has 0 aromatic rings. The first-order valence-corrected chi connectivity index (χ1v) is 21.5. The van der Waals surface area contributed by atoms with E-state index in [4.69, 9.17) is 4.74 Å². The minimum atomic E-state index is -1.13. The van der Waals surface area contributed by atoms with Crippen LogP contribution in [0.1, 0.15) is 159 Å². The molecule has 0 amide bonds. The van der Waals surface area contributed by atoms with E-state index in [1.165, 1.54) is 87.0 Å². The third-order valence-corrected chi connectivity index (χ3v) is 15.4. The zero-order valence-electron chi connectivity index (χ0n) is 35.2. The maximum absolute atomic E-state index is 13.1. The molecule has 1 unspecified atom stereocenters. The lowest BCUT2D eigenvalue weighted by Gasteiger charge is -2.58. The van der Waals surface area contributed by atoms with Crippen molar-refractivity contribution >= 4 is 11.9 Å². The number of fused-ring (bicyclic) bond motifs is 5. The van der Waals surface area contributed by atoms with E-state index in [1.807, 2.05) is 25.2 Å². The molecule has 3 saturated carbocycles. The van der Waals surface area contributed by atoms with Crippen molar-refractivity contribution in [2.75, 3.05) is 0 Å². The van der Waals surface area contributed by atoms with Crippen LogP contribution in [0.15, 0.2) is 70.4 Å². The SMILES string of the molecule is CC(C=CC=C(C)/C=C/C1=C(C)CCCC1(C)C)=CC(=O)OC(C(=O)O)[C@@H]1CC[C@@]2(C)C(=CC[C@H]3[C@@H]4CC[C@H]([C@H](C)CCCC(C)C)[C@@]4(C)CC[C@@H]32)C1. The van der Waals surface area contributed by atoms with Gasteiger partial charge in [-0.25, -0.2) is 9.59 Å². The summed E-state index contributed by atoms with van der Waals surface area (Å²) < 4.78 is 5.74. The summed E-state index contributed by atoms with van der Waals surface area (Å²) >= 11 is 0. The van der Waals surface area contributed by atoms with Gasteiger partial charge in [0, 0.05) is 12.0 Å². The molecule has 0 radical (unpaired) electrons. The van der Waals surface area contributed by atoms with Crippen LogP contribution >= 0.6 is 0 Å². The van der Waals surface area contributed by atoms with Crippen molar-refractivity contribution in [1.82, 2.24) is 0 Å². The highest BCUT2D eigenvalue weighted by molar-refractivity contribution is 5.86. The number of allylic oxidation sites excluding steroid dienone is 11. The quantitative estimate of drug-likeness (QED) is 0.0888. The second-order valence-electron chi connectivity index (χ2n) is 19.9. The Morgan fingerprint density at radius 2 is 1.70 bits per heavy atom. The van der Waals surface area contributed by atoms with Gasteiger partial charge in [0.05, 0.1) is 0 Å². The van der Waals surface area contributed by atoms with Crippen LogP contribution < -0.4 is 0 Å². The van der Waals surface area contributed by atoms with Crippen LogP contribution in [0.4, 0.5) is 0 Å². The van der Waals surface area contributed by atoms with Crippen LogP contribution in [-0.4, -0.2) is 23.1 Å². The normalized spacial score (nSPS) is 34.5. The van der Waals surface area contributed by atoms with Crippen molar-refractivity contribution in [3.63, 3.8) is 0 Å². The van der Waals surface area contributed by atoms with Crippen molar-refractivity contribution in [1.29, 1.82) is 0 Å². The Bertz CT molecular complexity index is 1530. The number of carboxylic acids is 1. The topological polar surface area (TPSA) is 63.6 Å². The van der Waals surface area contributed by atoms with Gasteiger partial charge in [0.2, 0.25) is 6.10 Å². The molecule has 0 aromatic carbocycles. The summed E-state index contributed by atoms with van der Waals surface area (Å²) in [5, 5.41) is 10.3. The molecule has 5 aliphatic carbocycles. The van der Waals surface area contributed by atoms with E-state index in [0.29, 0.717) is 11.3 Å². The molecule has 9 atom stereocenters. The van der Waals surface area contributed by atoms with E-state index in [2.05, 4.69) is 80.5 Å². The molecule has 294 valence electrons. The van der Waals surface area contributed by atoms with E-state index in [9.17, 15) is 14.7 Å². The second-order valence-corrected chi connectivity index (χ2v) is 19.9. The fraction of sp³-hybridized carbons (Fsp3) is 0.714. The number of carbonyl (C=O) groups is 2. The largest absolute Gasteiger partial charge is 0.478 e. The summed E-state index contributed by atoms with van der Waals surface area (Å²) in [5.41, 5.74) is 7.01. The van der Waals surface area contributed by atoms with Gasteiger partial charge in [-0.3, -0.25) is 0 Å². The van der Waals surface area contributed by atoms with Gasteiger partial charge in [-0.1, -0.05) is 121 Å². The number of carbonyl (C=O) groups excluding carboxylic acids is 1. The first-order chi connectivity index (χ1) is 25.0. The summed E-state index contributed by atoms with van der Waals surface area (Å²) in [7, 11) is 0. The van der Waals surface area contributed by atoms with Gasteiger partial charge in [-0.2, -0.15) is 0 Å². The van der Waals surface area contributed by atoms with E-state index in [-0.39, 0.29) is 16.7 Å². The van der Waals surface area contributed by atoms with Crippen molar-refractivity contribution in [2.24, 2.45) is 57.7 Å². The van der Waals surface area contributed by atoms with E-state index in [1.54, 1.807) is 0 Å². The summed E-state index contributed by atoms with van der Waals surface area (Å²) in [6.45, 7) is 23.2. The highest BCUT2D eigenvalue weighted by Gasteiger charge is 2.59. The maximum Gasteiger partial charge on any atom is 0.345 e. The van der Waals surface area contributed by atoms with Crippen LogP contribution in [0, 0.1) is 57.7 Å². The molecular weight excluding hydrogens is 653 g/mol. The predicted molar refractivity (Wildman–Crippen MR) is 220 cm³/mol. The smallest absolute Gasteiger partial charge is 0.345 e. The van der Waals surface area contributed by atoms with E-state index < -0.39 is 18.0 Å². The predicted octanol–water partition coefficient (Wildman–Crippen LogP) is 13.2. The van der Waals surface area contributed by atoms with Crippen molar-refractivity contribution < 1.29 is 19.4 Å². The molecule has 0 aromatic heterocycles. The van der Waals surface area contributed by atoms with Crippen LogP contribution in [0.3, 0.4) is 0 Å². The van der Waals surface area contributed by atoms with Crippen LogP contribution in [0.25, 0.3) is 0 Å². The molecule has 3 fully saturated rings. The molecule has 0 aliphatic heterocycles. The molecule has 0 bridgehead atoms. The number of hydrogen-bond acceptors (Lipinski definition) is 3. The highest BCUT2D eigenvalue weighted by atomic mass is 16.6. The van der Waals surface area contributed by atoms with Crippen LogP contribution in [-0.2, 0) is 14.3 Å². The summed E-state index contributed by atoms with van der Waals surface area (Å²) in [6.07, 6.45) is 29.8. The average molecular weight is 727 g/mol. The van der Waals surface area contributed by atoms with Gasteiger partial charge in [0.1, 0.15) is 0 Å². The monoisotopic (exact) mass is 727 g/mol. The Morgan fingerprint density at radius 3 is 2.40 bits per heavy atom. The zero-order chi connectivity index (χ0) is 38.7.